The van der Waals surface area contributed by atoms with E-state index in [2.05, 4.69) is 44.1 Å². The van der Waals surface area contributed by atoms with E-state index in [1.165, 1.54) is 11.1 Å². The van der Waals surface area contributed by atoms with Gasteiger partial charge in [0.15, 0.2) is 0 Å². The van der Waals surface area contributed by atoms with Crippen LogP contribution in [0.25, 0.3) is 23.9 Å². The first-order valence-corrected chi connectivity index (χ1v) is 5.99. The quantitative estimate of drug-likeness (QED) is 0.780. The van der Waals surface area contributed by atoms with Crippen molar-refractivity contribution < 1.29 is 0 Å². The van der Waals surface area contributed by atoms with E-state index < -0.39 is 0 Å². The van der Waals surface area contributed by atoms with Crippen LogP contribution in [0, 0.1) is 13.8 Å². The molecule has 1 heterocycles. The highest BCUT2D eigenvalue weighted by Crippen LogP contribution is 2.19. The maximum atomic E-state index is 4.63. The summed E-state index contributed by atoms with van der Waals surface area (Å²) >= 11 is 0. The summed E-state index contributed by atoms with van der Waals surface area (Å²) in [6.45, 7) is 12.0. The lowest BCUT2D eigenvalue weighted by Gasteiger charge is -2.09. The predicted molar refractivity (Wildman–Crippen MR) is 78.6 cm³/mol. The van der Waals surface area contributed by atoms with Crippen LogP contribution in [0.2, 0.25) is 0 Å². The van der Waals surface area contributed by atoms with Crippen molar-refractivity contribution >= 4 is 12.7 Å². The van der Waals surface area contributed by atoms with Crippen molar-refractivity contribution in [1.82, 2.24) is 4.98 Å². The average Bonchev–Trinajstić information content (AvgIpc) is 2.40. The molecular formula is C17H17N. The zero-order valence-corrected chi connectivity index (χ0v) is 10.9. The number of allylic oxidation sites excluding steroid dienone is 1. The first-order valence-electron chi connectivity index (χ1n) is 5.99. The van der Waals surface area contributed by atoms with Crippen LogP contribution in [-0.2, 0) is 0 Å². The Hall–Kier alpha value is -2.15. The van der Waals surface area contributed by atoms with Gasteiger partial charge in [-0.2, -0.15) is 0 Å². The Morgan fingerprint density at radius 3 is 2.33 bits per heavy atom. The Balaban J connectivity index is 2.78. The fraction of sp³-hybridized carbons (Fsp3) is 0.118. The summed E-state index contributed by atoms with van der Waals surface area (Å²) < 4.78 is 0. The fourth-order valence-corrected chi connectivity index (χ4v) is 2.09. The summed E-state index contributed by atoms with van der Waals surface area (Å²) in [6.07, 6.45) is 3.74. The number of aromatic nitrogens is 1. The van der Waals surface area contributed by atoms with Gasteiger partial charge in [-0.05, 0) is 25.0 Å². The molecule has 0 saturated carbocycles. The molecule has 0 radical (unpaired) electrons. The van der Waals surface area contributed by atoms with Crippen molar-refractivity contribution in [2.75, 3.05) is 0 Å². The third-order valence-electron chi connectivity index (χ3n) is 3.21. The molecule has 0 atom stereocenters. The van der Waals surface area contributed by atoms with E-state index >= 15 is 0 Å². The number of nitrogens with zero attached hydrogens (tertiary/aromatic N) is 1. The maximum absolute atomic E-state index is 4.63. The van der Waals surface area contributed by atoms with Gasteiger partial charge in [0.2, 0.25) is 0 Å². The maximum Gasteiger partial charge on any atom is 0.0741 e. The predicted octanol–water partition coefficient (Wildman–Crippen LogP) is 2.74. The lowest BCUT2D eigenvalue weighted by Crippen LogP contribution is -2.31. The Bertz CT molecular complexity index is 682. The standard InChI is InChI=1S/C17H17N/c1-5-9-16-12(2)13(3)17(18-14(16)4)15-10-7-6-8-11-15/h5-11H,1,4H2,2-3H3/b16-9-. The van der Waals surface area contributed by atoms with Gasteiger partial charge >= 0.3 is 0 Å². The largest absolute Gasteiger partial charge is 0.248 e. The van der Waals surface area contributed by atoms with Crippen molar-refractivity contribution in [3.05, 3.63) is 64.7 Å². The number of hydrogen-bond donors (Lipinski definition) is 0. The zero-order chi connectivity index (χ0) is 13.1. The van der Waals surface area contributed by atoms with Crippen LogP contribution in [0.4, 0.5) is 0 Å². The highest BCUT2D eigenvalue weighted by atomic mass is 14.7. The van der Waals surface area contributed by atoms with Gasteiger partial charge in [0.1, 0.15) is 0 Å². The van der Waals surface area contributed by atoms with Crippen molar-refractivity contribution in [1.29, 1.82) is 0 Å². The third kappa shape index (κ3) is 2.12. The van der Waals surface area contributed by atoms with Crippen molar-refractivity contribution in [2.24, 2.45) is 0 Å². The van der Waals surface area contributed by atoms with Crippen LogP contribution >= 0.6 is 0 Å². The molecule has 0 N–H and O–H groups in total. The summed E-state index contributed by atoms with van der Waals surface area (Å²) in [7, 11) is 0. The number of rotatable bonds is 2. The highest BCUT2D eigenvalue weighted by Gasteiger charge is 2.07. The molecule has 0 bridgehead atoms. The summed E-state index contributed by atoms with van der Waals surface area (Å²) in [5.74, 6) is 0. The van der Waals surface area contributed by atoms with Gasteiger partial charge in [0.05, 0.1) is 11.0 Å². The number of benzene rings is 1. The molecule has 0 fully saturated rings. The Kier molecular flexibility index (Phi) is 3.42. The minimum absolute atomic E-state index is 0.803. The van der Waals surface area contributed by atoms with Gasteiger partial charge in [0.25, 0.3) is 0 Å². The molecule has 0 saturated heterocycles. The van der Waals surface area contributed by atoms with E-state index in [4.69, 9.17) is 0 Å². The summed E-state index contributed by atoms with van der Waals surface area (Å²) in [5.41, 5.74) is 4.56. The van der Waals surface area contributed by atoms with E-state index in [1.807, 2.05) is 24.3 Å². The van der Waals surface area contributed by atoms with Crippen molar-refractivity contribution in [3.8, 4) is 11.3 Å². The number of hydrogen-bond acceptors (Lipinski definition) is 1. The molecule has 0 unspecified atom stereocenters. The lowest BCUT2D eigenvalue weighted by molar-refractivity contribution is 1.15. The molecule has 18 heavy (non-hydrogen) atoms. The molecule has 90 valence electrons. The lowest BCUT2D eigenvalue weighted by atomic mass is 10.0. The minimum Gasteiger partial charge on any atom is -0.248 e. The van der Waals surface area contributed by atoms with Gasteiger partial charge < -0.3 is 0 Å². The molecule has 0 spiro atoms. The third-order valence-corrected chi connectivity index (χ3v) is 3.21. The monoisotopic (exact) mass is 235 g/mol. The second-order valence-electron chi connectivity index (χ2n) is 4.34. The minimum atomic E-state index is 0.803. The molecule has 0 aliphatic rings. The first-order chi connectivity index (χ1) is 8.65. The summed E-state index contributed by atoms with van der Waals surface area (Å²) in [5, 5.41) is 1.87. The molecule has 0 aliphatic carbocycles. The molecule has 0 aliphatic heterocycles. The van der Waals surface area contributed by atoms with Crippen molar-refractivity contribution in [2.45, 2.75) is 13.8 Å². The molecule has 1 aromatic carbocycles. The Morgan fingerprint density at radius 2 is 1.72 bits per heavy atom. The Morgan fingerprint density at radius 1 is 1.06 bits per heavy atom. The molecule has 1 aromatic heterocycles. The van der Waals surface area contributed by atoms with Gasteiger partial charge in [0, 0.05) is 10.8 Å². The topological polar surface area (TPSA) is 12.9 Å². The van der Waals surface area contributed by atoms with Crippen LogP contribution in [0.5, 0.6) is 0 Å². The molecule has 1 nitrogen and oxygen atoms in total. The average molecular weight is 235 g/mol. The molecule has 2 rings (SSSR count). The van der Waals surface area contributed by atoms with E-state index in [1.54, 1.807) is 6.08 Å². The summed E-state index contributed by atoms with van der Waals surface area (Å²) in [6, 6.07) is 10.2. The van der Waals surface area contributed by atoms with Crippen LogP contribution in [0.15, 0.2) is 43.0 Å². The van der Waals surface area contributed by atoms with Crippen LogP contribution in [-0.4, -0.2) is 4.98 Å². The first kappa shape index (κ1) is 12.3. The second kappa shape index (κ2) is 5.01. The second-order valence-corrected chi connectivity index (χ2v) is 4.34. The number of pyridine rings is 1. The molecule has 1 heteroatoms. The van der Waals surface area contributed by atoms with E-state index in [-0.39, 0.29) is 0 Å². The van der Waals surface area contributed by atoms with Gasteiger partial charge in [-0.3, -0.25) is 0 Å². The normalized spacial score (nSPS) is 11.6. The van der Waals surface area contributed by atoms with E-state index in [0.29, 0.717) is 0 Å². The van der Waals surface area contributed by atoms with Gasteiger partial charge in [-0.1, -0.05) is 55.6 Å². The SMILES string of the molecule is C=C/C=c1/c(C)c(C)c(-c2ccccc2)nc1=C. The smallest absolute Gasteiger partial charge is 0.0741 e. The van der Waals surface area contributed by atoms with Crippen LogP contribution in [0.3, 0.4) is 0 Å². The van der Waals surface area contributed by atoms with Gasteiger partial charge in [-0.25, -0.2) is 4.98 Å². The van der Waals surface area contributed by atoms with Crippen LogP contribution < -0.4 is 10.6 Å². The van der Waals surface area contributed by atoms with E-state index in [0.717, 1.165) is 21.8 Å². The molecule has 2 aromatic rings. The zero-order valence-electron chi connectivity index (χ0n) is 10.9. The fourth-order valence-electron chi connectivity index (χ4n) is 2.09. The molecule has 0 amide bonds. The van der Waals surface area contributed by atoms with Gasteiger partial charge in [-0.15, -0.1) is 0 Å². The summed E-state index contributed by atoms with van der Waals surface area (Å²) in [4.78, 5) is 4.63. The molecular weight excluding hydrogens is 218 g/mol. The van der Waals surface area contributed by atoms with E-state index in [9.17, 15) is 0 Å². The highest BCUT2D eigenvalue weighted by molar-refractivity contribution is 5.64. The van der Waals surface area contributed by atoms with Crippen LogP contribution in [0.1, 0.15) is 11.1 Å². The van der Waals surface area contributed by atoms with Crippen molar-refractivity contribution in [3.63, 3.8) is 0 Å². The Labute approximate surface area is 108 Å².